The topological polar surface area (TPSA) is 163 Å². The number of hydrogen-bond donors (Lipinski definition) is 3. The molecule has 3 aromatic carbocycles. The number of nitrogens with one attached hydrogen (secondary N) is 2. The molecule has 1 aliphatic carbocycles. The number of ether oxygens (including phenoxy) is 3. The number of rotatable bonds is 12. The molecule has 3 N–H and O–H groups in total. The standard InChI is InChI=1S/C29H29ClFN5O3.C23H25FN4O2.C5H11N.C2H6.K/c1-2-38-23(37)10-5-13-39-29-34-27-21(28(35-29)36-15-18-11-12-19(16-36)33-18)14-32-26(25(27)31)20-8-3-6-17-7-4-9-22(30)24(17)20;1-30-13-26-23(28-11-15-5-6-16(12-28)27-15)14-9-20(24)22(25-10-14)19-4-2-3-18-17(19)7-8-21(18)29;1-6-4-2-3-5-6;1-2;/h3-4,6-9,14,18-19,33H,2,5,10-13,15-16H2,1H3;2-4,10,13,15-16,21,27,29H,5-8,11-12H2,1H3;2-5H2,1H3;1-2H3;/q;-2;;;+1/b;26-23+;;;. The van der Waals surface area contributed by atoms with Crippen LogP contribution >= 0.6 is 11.6 Å². The fourth-order valence-electron chi connectivity index (χ4n) is 11.4. The number of nitrogens with zero attached hydrogens (tertiary/aromatic N) is 8. The molecule has 19 heteroatoms. The van der Waals surface area contributed by atoms with E-state index in [4.69, 9.17) is 30.8 Å². The van der Waals surface area contributed by atoms with Gasteiger partial charge in [-0.15, -0.1) is 0 Å². The molecule has 78 heavy (non-hydrogen) atoms. The van der Waals surface area contributed by atoms with Gasteiger partial charge < -0.3 is 54.6 Å². The number of carbonyl (C=O) groups excluding carboxylic acids is 1. The van der Waals surface area contributed by atoms with Gasteiger partial charge in [-0.3, -0.25) is 9.78 Å². The molecule has 4 bridgehead atoms. The van der Waals surface area contributed by atoms with Crippen LogP contribution < -0.4 is 71.7 Å². The molecule has 5 atom stereocenters. The van der Waals surface area contributed by atoms with Gasteiger partial charge >= 0.3 is 63.4 Å². The molecular formula is C59H71ClF2KN10O5-. The molecule has 8 heterocycles. The summed E-state index contributed by atoms with van der Waals surface area (Å²) in [6.07, 6.45) is 12.1. The summed E-state index contributed by atoms with van der Waals surface area (Å²) >= 11 is 6.54. The van der Waals surface area contributed by atoms with Crippen LogP contribution in [0.5, 0.6) is 6.01 Å². The van der Waals surface area contributed by atoms with Crippen LogP contribution in [-0.2, 0) is 20.7 Å². The predicted molar refractivity (Wildman–Crippen MR) is 298 cm³/mol. The maximum absolute atomic E-state index is 16.3. The van der Waals surface area contributed by atoms with Crippen LogP contribution in [-0.4, -0.2) is 137 Å². The molecule has 15 nitrogen and oxygen atoms in total. The first-order valence-corrected chi connectivity index (χ1v) is 27.8. The van der Waals surface area contributed by atoms with Gasteiger partial charge in [-0.1, -0.05) is 91.8 Å². The van der Waals surface area contributed by atoms with Crippen molar-refractivity contribution in [3.63, 3.8) is 0 Å². The number of aromatic nitrogens is 4. The summed E-state index contributed by atoms with van der Waals surface area (Å²) in [7, 11) is 3.71. The molecule has 0 amide bonds. The van der Waals surface area contributed by atoms with Crippen molar-refractivity contribution in [2.75, 3.05) is 71.5 Å². The zero-order chi connectivity index (χ0) is 54.0. The summed E-state index contributed by atoms with van der Waals surface area (Å²) in [5.41, 5.74) is 4.24. The number of aliphatic hydroxyl groups excluding tert-OH is 1. The number of aliphatic hydroxyl groups is 1. The van der Waals surface area contributed by atoms with Gasteiger partial charge in [0, 0.05) is 97.6 Å². The monoisotopic (exact) mass is 1110 g/mol. The van der Waals surface area contributed by atoms with Crippen LogP contribution in [0.25, 0.3) is 44.2 Å². The van der Waals surface area contributed by atoms with E-state index in [0.29, 0.717) is 83.2 Å². The van der Waals surface area contributed by atoms with Crippen LogP contribution in [0.15, 0.2) is 72.0 Å². The molecule has 410 valence electrons. The minimum atomic E-state index is -0.557. The number of benzene rings is 3. The third-order valence-electron chi connectivity index (χ3n) is 15.0. The first-order chi connectivity index (χ1) is 37.5. The Morgan fingerprint density at radius 1 is 0.885 bits per heavy atom. The van der Waals surface area contributed by atoms with Gasteiger partial charge in [-0.2, -0.15) is 9.97 Å². The molecule has 5 unspecified atom stereocenters. The number of hydrogen-bond acceptors (Lipinski definition) is 14. The summed E-state index contributed by atoms with van der Waals surface area (Å²) in [5, 5.41) is 20.0. The van der Waals surface area contributed by atoms with Gasteiger partial charge in [0.05, 0.1) is 30.5 Å². The fourth-order valence-corrected chi connectivity index (χ4v) is 11.7. The first-order valence-electron chi connectivity index (χ1n) is 27.4. The first kappa shape index (κ1) is 59.7. The quantitative estimate of drug-likeness (QED) is 0.0298. The Morgan fingerprint density at radius 2 is 1.54 bits per heavy atom. The fraction of sp³-hybridized carbons (Fsp3) is 0.475. The van der Waals surface area contributed by atoms with Gasteiger partial charge in [0.25, 0.3) is 0 Å². The number of amidine groups is 1. The largest absolute Gasteiger partial charge is 1.00 e. The number of esters is 1. The van der Waals surface area contributed by atoms with Crippen molar-refractivity contribution in [3.8, 4) is 28.5 Å². The van der Waals surface area contributed by atoms with Crippen molar-refractivity contribution >= 4 is 50.9 Å². The van der Waals surface area contributed by atoms with Crippen molar-refractivity contribution in [1.82, 2.24) is 40.4 Å². The normalized spacial score (nSPS) is 21.1. The maximum atomic E-state index is 16.3. The van der Waals surface area contributed by atoms with Crippen LogP contribution in [0.3, 0.4) is 0 Å². The Hall–Kier alpha value is -4.44. The molecule has 0 saturated carbocycles. The Labute approximate surface area is 504 Å². The minimum Gasteiger partial charge on any atom is -0.466 e. The molecular weight excluding hydrogens is 1040 g/mol. The summed E-state index contributed by atoms with van der Waals surface area (Å²) in [4.78, 5) is 41.1. The molecule has 5 aliphatic heterocycles. The van der Waals surface area contributed by atoms with E-state index < -0.39 is 17.7 Å². The molecule has 5 fully saturated rings. The Bertz CT molecular complexity index is 3010. The van der Waals surface area contributed by atoms with E-state index in [1.807, 2.05) is 62.4 Å². The number of halogens is 3. The average Bonchev–Trinajstić information content (AvgIpc) is 4.35. The Balaban J connectivity index is 0.000000183. The number of anilines is 1. The minimum absolute atomic E-state index is 0. The molecule has 5 saturated heterocycles. The van der Waals surface area contributed by atoms with E-state index in [0.717, 1.165) is 79.3 Å². The van der Waals surface area contributed by atoms with Crippen molar-refractivity contribution in [3.05, 3.63) is 113 Å². The molecule has 12 rings (SSSR count). The predicted octanol–water partition coefficient (Wildman–Crippen LogP) is 6.66. The average molecular weight is 1110 g/mol. The summed E-state index contributed by atoms with van der Waals surface area (Å²) in [5.74, 6) is -0.119. The Kier molecular flexibility index (Phi) is 21.7. The number of pyridine rings is 2. The number of piperazine rings is 2. The maximum Gasteiger partial charge on any atom is 1.00 e. The Morgan fingerprint density at radius 3 is 2.19 bits per heavy atom. The summed E-state index contributed by atoms with van der Waals surface area (Å²) in [6, 6.07) is 21.3. The molecule has 3 aromatic heterocycles. The van der Waals surface area contributed by atoms with Gasteiger partial charge in [0.15, 0.2) is 5.82 Å². The SMILES string of the molecule is CC.CCOC(=O)CCCOc1nc(N2CC3CCC(C2)N3)c2cnc(-c3cccc4cccc(Cl)c34)c(F)c2n1.CN1CCCC1.CO[CH-]/N=C(\c1[c-]c(F)c(-c2cccc3c2CCC3O)nc1)N1CC2CCC(C1)N2.[K+]. The summed E-state index contributed by atoms with van der Waals surface area (Å²) in [6.45, 7) is 13.5. The molecule has 0 spiro atoms. The van der Waals surface area contributed by atoms with Gasteiger partial charge in [0.2, 0.25) is 0 Å². The third kappa shape index (κ3) is 14.0. The van der Waals surface area contributed by atoms with Crippen LogP contribution in [0, 0.1) is 24.4 Å². The van der Waals surface area contributed by atoms with E-state index in [1.165, 1.54) is 32.7 Å². The number of methoxy groups -OCH3 is 1. The van der Waals surface area contributed by atoms with Crippen LogP contribution in [0.4, 0.5) is 14.6 Å². The van der Waals surface area contributed by atoms with Crippen LogP contribution in [0.2, 0.25) is 5.02 Å². The zero-order valence-electron chi connectivity index (χ0n) is 45.8. The smallest absolute Gasteiger partial charge is 0.466 e. The second-order valence-electron chi connectivity index (χ2n) is 20.2. The van der Waals surface area contributed by atoms with Crippen molar-refractivity contribution < 1.29 is 84.3 Å². The number of likely N-dealkylation sites (tertiary alicyclic amines) is 2. The van der Waals surface area contributed by atoms with Crippen LogP contribution in [0.1, 0.15) is 101 Å². The van der Waals surface area contributed by atoms with Gasteiger partial charge in [0.1, 0.15) is 17.0 Å². The van der Waals surface area contributed by atoms with E-state index in [9.17, 15) is 9.90 Å². The number of carbonyl (C=O) groups is 1. The molecule has 0 radical (unpaired) electrons. The number of aliphatic imine (C=N–C) groups is 1. The molecule has 6 aromatic rings. The van der Waals surface area contributed by atoms with E-state index >= 15 is 8.78 Å². The van der Waals surface area contributed by atoms with Crippen molar-refractivity contribution in [2.24, 2.45) is 4.99 Å². The summed E-state index contributed by atoms with van der Waals surface area (Å²) < 4.78 is 47.4. The molecule has 6 aliphatic rings. The van der Waals surface area contributed by atoms with E-state index in [2.05, 4.69) is 58.4 Å². The van der Waals surface area contributed by atoms with Gasteiger partial charge in [-0.05, 0) is 120 Å². The van der Waals surface area contributed by atoms with Gasteiger partial charge in [-0.25, -0.2) is 8.78 Å². The zero-order valence-corrected chi connectivity index (χ0v) is 49.7. The second-order valence-corrected chi connectivity index (χ2v) is 20.6. The van der Waals surface area contributed by atoms with E-state index in [-0.39, 0.29) is 93.3 Å². The van der Waals surface area contributed by atoms with Crippen molar-refractivity contribution in [1.29, 1.82) is 0 Å². The third-order valence-corrected chi connectivity index (χ3v) is 15.3. The number of fused-ring (bicyclic) bond motifs is 7. The second kappa shape index (κ2) is 28.3. The van der Waals surface area contributed by atoms with E-state index in [1.54, 1.807) is 32.5 Å². The van der Waals surface area contributed by atoms with Crippen molar-refractivity contribution in [2.45, 2.75) is 115 Å².